The Bertz CT molecular complexity index is 241. The van der Waals surface area contributed by atoms with Gasteiger partial charge in [0.1, 0.15) is 5.75 Å². The second-order valence-corrected chi connectivity index (χ2v) is 2.01. The van der Waals surface area contributed by atoms with Gasteiger partial charge < -0.3 is 4.74 Å². The molecule has 0 atom stereocenters. The molecule has 0 heterocycles. The van der Waals surface area contributed by atoms with Crippen LogP contribution in [0.3, 0.4) is 0 Å². The molecular formula is C8H8NO2. The SMILES string of the molecule is COc1ccc(C=N[O])cc1. The fourth-order valence-corrected chi connectivity index (χ4v) is 0.751. The second kappa shape index (κ2) is 3.61. The number of hydrogen-bond donors (Lipinski definition) is 0. The molecule has 1 radical (unpaired) electrons. The van der Waals surface area contributed by atoms with Gasteiger partial charge >= 0.3 is 0 Å². The van der Waals surface area contributed by atoms with Gasteiger partial charge in [0.15, 0.2) is 0 Å². The van der Waals surface area contributed by atoms with E-state index in [4.69, 9.17) is 4.74 Å². The molecule has 0 amide bonds. The van der Waals surface area contributed by atoms with Crippen molar-refractivity contribution in [3.8, 4) is 5.75 Å². The van der Waals surface area contributed by atoms with Gasteiger partial charge in [0.05, 0.1) is 13.3 Å². The van der Waals surface area contributed by atoms with Crippen LogP contribution in [-0.2, 0) is 5.21 Å². The summed E-state index contributed by atoms with van der Waals surface area (Å²) in [5, 5.41) is 12.4. The molecule has 57 valence electrons. The minimum Gasteiger partial charge on any atom is -0.497 e. The number of nitrogens with zero attached hydrogens (tertiary/aromatic N) is 1. The summed E-state index contributed by atoms with van der Waals surface area (Å²) in [4.78, 5) is 0. The van der Waals surface area contributed by atoms with Crippen molar-refractivity contribution in [1.29, 1.82) is 0 Å². The summed E-state index contributed by atoms with van der Waals surface area (Å²) in [5.41, 5.74) is 0.779. The smallest absolute Gasteiger partial charge is 0.118 e. The van der Waals surface area contributed by atoms with Gasteiger partial charge in [-0.05, 0) is 35.0 Å². The molecule has 0 saturated heterocycles. The fourth-order valence-electron chi connectivity index (χ4n) is 0.751. The Morgan fingerprint density at radius 2 is 2.00 bits per heavy atom. The maximum Gasteiger partial charge on any atom is 0.118 e. The minimum absolute atomic E-state index is 0.771. The fraction of sp³-hybridized carbons (Fsp3) is 0.125. The Morgan fingerprint density at radius 3 is 2.45 bits per heavy atom. The van der Waals surface area contributed by atoms with Gasteiger partial charge in [0, 0.05) is 0 Å². The first-order chi connectivity index (χ1) is 5.36. The molecule has 3 nitrogen and oxygen atoms in total. The summed E-state index contributed by atoms with van der Waals surface area (Å²) >= 11 is 0. The lowest BCUT2D eigenvalue weighted by Crippen LogP contribution is -1.83. The van der Waals surface area contributed by atoms with E-state index in [0.29, 0.717) is 0 Å². The van der Waals surface area contributed by atoms with E-state index in [9.17, 15) is 5.21 Å². The summed E-state index contributed by atoms with van der Waals surface area (Å²) in [6.07, 6.45) is 1.25. The number of ether oxygens (including phenoxy) is 1. The second-order valence-electron chi connectivity index (χ2n) is 2.01. The van der Waals surface area contributed by atoms with Crippen molar-refractivity contribution in [3.63, 3.8) is 0 Å². The zero-order chi connectivity index (χ0) is 8.10. The van der Waals surface area contributed by atoms with Crippen LogP contribution in [0.25, 0.3) is 0 Å². The molecule has 11 heavy (non-hydrogen) atoms. The van der Waals surface area contributed by atoms with Crippen LogP contribution in [0, 0.1) is 0 Å². The molecule has 0 aliphatic heterocycles. The van der Waals surface area contributed by atoms with Crippen molar-refractivity contribution in [2.45, 2.75) is 0 Å². The molecule has 0 aromatic heterocycles. The number of rotatable bonds is 2. The normalized spacial score (nSPS) is 10.3. The number of methoxy groups -OCH3 is 1. The van der Waals surface area contributed by atoms with Crippen molar-refractivity contribution in [1.82, 2.24) is 0 Å². The Kier molecular flexibility index (Phi) is 2.49. The van der Waals surface area contributed by atoms with Crippen LogP contribution in [0.5, 0.6) is 5.75 Å². The van der Waals surface area contributed by atoms with E-state index in [-0.39, 0.29) is 0 Å². The van der Waals surface area contributed by atoms with Crippen LogP contribution < -0.4 is 4.74 Å². The third-order valence-electron chi connectivity index (χ3n) is 1.32. The van der Waals surface area contributed by atoms with Crippen molar-refractivity contribution >= 4 is 6.21 Å². The van der Waals surface area contributed by atoms with Gasteiger partial charge in [-0.25, -0.2) is 0 Å². The van der Waals surface area contributed by atoms with Gasteiger partial charge in [-0.1, -0.05) is 0 Å². The van der Waals surface area contributed by atoms with Crippen LogP contribution in [0.4, 0.5) is 0 Å². The Morgan fingerprint density at radius 1 is 1.36 bits per heavy atom. The molecule has 0 unspecified atom stereocenters. The van der Waals surface area contributed by atoms with Crippen molar-refractivity contribution in [2.24, 2.45) is 5.16 Å². The molecule has 0 aliphatic rings. The van der Waals surface area contributed by atoms with E-state index >= 15 is 0 Å². The third-order valence-corrected chi connectivity index (χ3v) is 1.32. The lowest BCUT2D eigenvalue weighted by molar-refractivity contribution is 0.211. The van der Waals surface area contributed by atoms with Gasteiger partial charge in [-0.3, -0.25) is 0 Å². The maximum absolute atomic E-state index is 9.79. The van der Waals surface area contributed by atoms with Gasteiger partial charge in [-0.2, -0.15) is 0 Å². The quantitative estimate of drug-likeness (QED) is 0.464. The summed E-state index contributed by atoms with van der Waals surface area (Å²) in [6, 6.07) is 7.08. The first-order valence-electron chi connectivity index (χ1n) is 3.16. The molecule has 1 rings (SSSR count). The summed E-state index contributed by atoms with van der Waals surface area (Å²) < 4.78 is 4.92. The first-order valence-corrected chi connectivity index (χ1v) is 3.16. The Hall–Kier alpha value is -1.51. The molecule has 0 saturated carbocycles. The van der Waals surface area contributed by atoms with E-state index < -0.39 is 0 Å². The molecule has 0 aliphatic carbocycles. The molecule has 1 aromatic rings. The lowest BCUT2D eigenvalue weighted by Gasteiger charge is -1.97. The maximum atomic E-state index is 9.79. The molecule has 0 fully saturated rings. The van der Waals surface area contributed by atoms with E-state index in [2.05, 4.69) is 5.16 Å². The van der Waals surface area contributed by atoms with Crippen LogP contribution in [0.2, 0.25) is 0 Å². The van der Waals surface area contributed by atoms with Crippen LogP contribution >= 0.6 is 0 Å². The van der Waals surface area contributed by atoms with Crippen LogP contribution in [0.15, 0.2) is 29.4 Å². The monoisotopic (exact) mass is 150 g/mol. The molecule has 0 spiro atoms. The average Bonchev–Trinajstić information content (AvgIpc) is 2.07. The third kappa shape index (κ3) is 1.97. The summed E-state index contributed by atoms with van der Waals surface area (Å²) in [6.45, 7) is 0. The van der Waals surface area contributed by atoms with E-state index in [1.54, 1.807) is 31.4 Å². The summed E-state index contributed by atoms with van der Waals surface area (Å²) in [5.74, 6) is 0.771. The van der Waals surface area contributed by atoms with Gasteiger partial charge in [-0.15, -0.1) is 5.21 Å². The van der Waals surface area contributed by atoms with Crippen LogP contribution in [0.1, 0.15) is 5.56 Å². The zero-order valence-electron chi connectivity index (χ0n) is 6.15. The van der Waals surface area contributed by atoms with E-state index in [1.165, 1.54) is 6.21 Å². The average molecular weight is 150 g/mol. The summed E-state index contributed by atoms with van der Waals surface area (Å²) in [7, 11) is 1.59. The standard InChI is InChI=1S/C8H8NO2/c1-11-8-4-2-7(3-5-8)6-9-10/h2-6H,1H3. The van der Waals surface area contributed by atoms with Crippen molar-refractivity contribution in [2.75, 3.05) is 7.11 Å². The molecule has 1 aromatic carbocycles. The zero-order valence-corrected chi connectivity index (χ0v) is 6.15. The first kappa shape index (κ1) is 7.60. The van der Waals surface area contributed by atoms with Gasteiger partial charge in [0.25, 0.3) is 0 Å². The molecule has 0 N–H and O–H groups in total. The number of hydrogen-bond acceptors (Lipinski definition) is 2. The molecular weight excluding hydrogens is 142 g/mol. The minimum atomic E-state index is 0.771. The lowest BCUT2D eigenvalue weighted by atomic mass is 10.2. The predicted octanol–water partition coefficient (Wildman–Crippen LogP) is 1.46. The predicted molar refractivity (Wildman–Crippen MR) is 41.3 cm³/mol. The van der Waals surface area contributed by atoms with Crippen molar-refractivity contribution < 1.29 is 9.94 Å². The molecule has 3 heteroatoms. The van der Waals surface area contributed by atoms with E-state index in [1.807, 2.05) is 0 Å². The Balaban J connectivity index is 2.82. The highest BCUT2D eigenvalue weighted by molar-refractivity contribution is 5.79. The van der Waals surface area contributed by atoms with Crippen LogP contribution in [-0.4, -0.2) is 13.3 Å². The highest BCUT2D eigenvalue weighted by Crippen LogP contribution is 2.09. The van der Waals surface area contributed by atoms with E-state index in [0.717, 1.165) is 11.3 Å². The largest absolute Gasteiger partial charge is 0.497 e. The molecule has 0 bridgehead atoms. The van der Waals surface area contributed by atoms with Gasteiger partial charge in [0.2, 0.25) is 0 Å². The Labute approximate surface area is 64.9 Å². The van der Waals surface area contributed by atoms with Crippen molar-refractivity contribution in [3.05, 3.63) is 29.8 Å². The highest BCUT2D eigenvalue weighted by atomic mass is 16.5. The highest BCUT2D eigenvalue weighted by Gasteiger charge is 1.89. The topological polar surface area (TPSA) is 41.5 Å². The number of benzene rings is 1.